The Hall–Kier alpha value is -1.40. The molecule has 2 aromatic rings. The van der Waals surface area contributed by atoms with Crippen LogP contribution in [0.3, 0.4) is 0 Å². The molecule has 6 nitrogen and oxygen atoms in total. The molecular weight excluding hydrogens is 278 g/mol. The Morgan fingerprint density at radius 1 is 1.60 bits per heavy atom. The van der Waals surface area contributed by atoms with Crippen LogP contribution in [0.4, 0.5) is 5.82 Å². The number of hydrogen-bond donors (Lipinski definition) is 2. The maximum absolute atomic E-state index is 10.6. The summed E-state index contributed by atoms with van der Waals surface area (Å²) in [6.45, 7) is 2.66. The summed E-state index contributed by atoms with van der Waals surface area (Å²) in [5.74, 6) is 1.70. The third-order valence-electron chi connectivity index (χ3n) is 3.89. The average Bonchev–Trinajstić information content (AvgIpc) is 2.83. The SMILES string of the molecule is CC1CCCC(O)(CNc2cc(Cl)nc3ncnn23)C1. The zero-order valence-electron chi connectivity index (χ0n) is 11.4. The predicted molar refractivity (Wildman–Crippen MR) is 76.9 cm³/mol. The van der Waals surface area contributed by atoms with Crippen molar-refractivity contribution in [2.75, 3.05) is 11.9 Å². The summed E-state index contributed by atoms with van der Waals surface area (Å²) in [4.78, 5) is 8.09. The van der Waals surface area contributed by atoms with Crippen molar-refractivity contribution in [2.45, 2.75) is 38.2 Å². The van der Waals surface area contributed by atoms with Gasteiger partial charge in [-0.3, -0.25) is 0 Å². The smallest absolute Gasteiger partial charge is 0.255 e. The van der Waals surface area contributed by atoms with E-state index in [1.807, 2.05) is 0 Å². The number of halogens is 1. The number of aliphatic hydroxyl groups is 1. The normalized spacial score (nSPS) is 26.9. The van der Waals surface area contributed by atoms with Crippen LogP contribution in [0, 0.1) is 5.92 Å². The third-order valence-corrected chi connectivity index (χ3v) is 4.08. The molecule has 1 fully saturated rings. The van der Waals surface area contributed by atoms with E-state index in [0.29, 0.717) is 29.2 Å². The summed E-state index contributed by atoms with van der Waals surface area (Å²) in [5, 5.41) is 18.3. The highest BCUT2D eigenvalue weighted by atomic mass is 35.5. The van der Waals surface area contributed by atoms with Crippen LogP contribution in [-0.4, -0.2) is 36.8 Å². The quantitative estimate of drug-likeness (QED) is 0.849. The minimum atomic E-state index is -0.666. The molecule has 20 heavy (non-hydrogen) atoms. The van der Waals surface area contributed by atoms with Gasteiger partial charge in [0.1, 0.15) is 17.3 Å². The average molecular weight is 296 g/mol. The summed E-state index contributed by atoms with van der Waals surface area (Å²) in [6.07, 6.45) is 5.33. The summed E-state index contributed by atoms with van der Waals surface area (Å²) < 4.78 is 1.58. The lowest BCUT2D eigenvalue weighted by molar-refractivity contribution is -0.000855. The van der Waals surface area contributed by atoms with E-state index in [-0.39, 0.29) is 0 Å². The van der Waals surface area contributed by atoms with E-state index >= 15 is 0 Å². The highest BCUT2D eigenvalue weighted by Gasteiger charge is 2.32. The fourth-order valence-corrected chi connectivity index (χ4v) is 3.14. The Bertz CT molecular complexity index is 616. The van der Waals surface area contributed by atoms with Crippen molar-refractivity contribution in [2.24, 2.45) is 5.92 Å². The fourth-order valence-electron chi connectivity index (χ4n) is 2.96. The van der Waals surface area contributed by atoms with Gasteiger partial charge in [0, 0.05) is 12.6 Å². The molecule has 0 aromatic carbocycles. The second-order valence-electron chi connectivity index (χ2n) is 5.72. The molecule has 0 spiro atoms. The maximum Gasteiger partial charge on any atom is 0.255 e. The minimum Gasteiger partial charge on any atom is -0.388 e. The number of rotatable bonds is 3. The largest absolute Gasteiger partial charge is 0.388 e. The summed E-state index contributed by atoms with van der Waals surface area (Å²) in [5.41, 5.74) is -0.666. The van der Waals surface area contributed by atoms with Gasteiger partial charge < -0.3 is 10.4 Å². The van der Waals surface area contributed by atoms with Crippen molar-refractivity contribution in [3.8, 4) is 0 Å². The molecule has 2 aromatic heterocycles. The van der Waals surface area contributed by atoms with Gasteiger partial charge in [-0.15, -0.1) is 0 Å². The lowest BCUT2D eigenvalue weighted by atomic mass is 9.79. The maximum atomic E-state index is 10.6. The first-order valence-electron chi connectivity index (χ1n) is 6.88. The lowest BCUT2D eigenvalue weighted by Crippen LogP contribution is -2.41. The van der Waals surface area contributed by atoms with E-state index in [2.05, 4.69) is 27.3 Å². The van der Waals surface area contributed by atoms with Gasteiger partial charge in [0.05, 0.1) is 5.60 Å². The lowest BCUT2D eigenvalue weighted by Gasteiger charge is -2.35. The topological polar surface area (TPSA) is 75.3 Å². The van der Waals surface area contributed by atoms with Crippen LogP contribution in [0.15, 0.2) is 12.4 Å². The molecular formula is C13H18ClN5O. The van der Waals surface area contributed by atoms with Crippen LogP contribution in [-0.2, 0) is 0 Å². The molecule has 2 heterocycles. The van der Waals surface area contributed by atoms with E-state index in [4.69, 9.17) is 11.6 Å². The molecule has 2 atom stereocenters. The molecule has 0 radical (unpaired) electrons. The first-order valence-corrected chi connectivity index (χ1v) is 7.26. The number of nitrogens with one attached hydrogen (secondary N) is 1. The van der Waals surface area contributed by atoms with Crippen molar-refractivity contribution in [3.05, 3.63) is 17.5 Å². The van der Waals surface area contributed by atoms with E-state index in [1.165, 1.54) is 12.7 Å². The van der Waals surface area contributed by atoms with Crippen LogP contribution >= 0.6 is 11.6 Å². The Morgan fingerprint density at radius 3 is 3.25 bits per heavy atom. The Balaban J connectivity index is 1.78. The van der Waals surface area contributed by atoms with E-state index in [9.17, 15) is 5.11 Å². The van der Waals surface area contributed by atoms with Crippen LogP contribution < -0.4 is 5.32 Å². The second kappa shape index (κ2) is 5.18. The molecule has 108 valence electrons. The third kappa shape index (κ3) is 2.71. The number of aromatic nitrogens is 4. The molecule has 0 aliphatic heterocycles. The number of nitrogens with zero attached hydrogens (tertiary/aromatic N) is 4. The predicted octanol–water partition coefficient (Wildman–Crippen LogP) is 2.13. The highest BCUT2D eigenvalue weighted by molar-refractivity contribution is 6.29. The molecule has 1 aliphatic carbocycles. The molecule has 0 bridgehead atoms. The van der Waals surface area contributed by atoms with E-state index in [1.54, 1.807) is 10.6 Å². The van der Waals surface area contributed by atoms with Gasteiger partial charge >= 0.3 is 0 Å². The highest BCUT2D eigenvalue weighted by Crippen LogP contribution is 2.32. The van der Waals surface area contributed by atoms with Gasteiger partial charge in [-0.1, -0.05) is 31.4 Å². The van der Waals surface area contributed by atoms with Crippen molar-refractivity contribution < 1.29 is 5.11 Å². The molecule has 1 aliphatic rings. The minimum absolute atomic E-state index is 0.358. The van der Waals surface area contributed by atoms with Crippen LogP contribution in [0.2, 0.25) is 5.15 Å². The molecule has 2 N–H and O–H groups in total. The Labute approximate surface area is 122 Å². The van der Waals surface area contributed by atoms with Crippen molar-refractivity contribution in [1.29, 1.82) is 0 Å². The Kier molecular flexibility index (Phi) is 3.52. The van der Waals surface area contributed by atoms with Crippen LogP contribution in [0.5, 0.6) is 0 Å². The summed E-state index contributed by atoms with van der Waals surface area (Å²) >= 11 is 5.97. The second-order valence-corrected chi connectivity index (χ2v) is 6.10. The van der Waals surface area contributed by atoms with E-state index in [0.717, 1.165) is 19.3 Å². The molecule has 2 unspecified atom stereocenters. The van der Waals surface area contributed by atoms with Crippen LogP contribution in [0.1, 0.15) is 32.6 Å². The fraction of sp³-hybridized carbons (Fsp3) is 0.615. The van der Waals surface area contributed by atoms with Gasteiger partial charge in [0.25, 0.3) is 5.78 Å². The van der Waals surface area contributed by atoms with Crippen molar-refractivity contribution in [1.82, 2.24) is 19.6 Å². The molecule has 7 heteroatoms. The standard InChI is InChI=1S/C13H18ClN5O/c1-9-3-2-4-13(20,6-9)7-15-11-5-10(14)18-12-16-8-17-19(11)12/h5,8-9,15,20H,2-4,6-7H2,1H3. The van der Waals surface area contributed by atoms with Gasteiger partial charge in [0.15, 0.2) is 0 Å². The van der Waals surface area contributed by atoms with Crippen molar-refractivity contribution in [3.63, 3.8) is 0 Å². The summed E-state index contributed by atoms with van der Waals surface area (Å²) in [7, 11) is 0. The first-order chi connectivity index (χ1) is 9.56. The van der Waals surface area contributed by atoms with Gasteiger partial charge in [-0.25, -0.2) is 0 Å². The monoisotopic (exact) mass is 295 g/mol. The molecule has 1 saturated carbocycles. The molecule has 3 rings (SSSR count). The van der Waals surface area contributed by atoms with Gasteiger partial charge in [-0.2, -0.15) is 19.6 Å². The number of hydrogen-bond acceptors (Lipinski definition) is 5. The van der Waals surface area contributed by atoms with Crippen LogP contribution in [0.25, 0.3) is 5.78 Å². The first kappa shape index (κ1) is 13.6. The summed E-state index contributed by atoms with van der Waals surface area (Å²) in [6, 6.07) is 1.69. The number of fused-ring (bicyclic) bond motifs is 1. The molecule has 0 saturated heterocycles. The zero-order valence-corrected chi connectivity index (χ0v) is 12.1. The Morgan fingerprint density at radius 2 is 2.45 bits per heavy atom. The van der Waals surface area contributed by atoms with Crippen molar-refractivity contribution >= 4 is 23.2 Å². The molecule has 0 amide bonds. The van der Waals surface area contributed by atoms with Gasteiger partial charge in [0.2, 0.25) is 0 Å². The number of anilines is 1. The van der Waals surface area contributed by atoms with E-state index < -0.39 is 5.60 Å². The van der Waals surface area contributed by atoms with Gasteiger partial charge in [-0.05, 0) is 18.8 Å². The zero-order chi connectivity index (χ0) is 14.2.